The van der Waals surface area contributed by atoms with Crippen LogP contribution in [0.25, 0.3) is 11.0 Å². The predicted molar refractivity (Wildman–Crippen MR) is 94.3 cm³/mol. The standard InChI is InChI=1S/C19H15ClO5/c1-11-15-6-5-14(24-10-12-3-2-4-13(20)7-12)8-17(15)25-19(23)16(11)9-18(21)22/h2-8H,9-10H2,1H3,(H,21,22). The van der Waals surface area contributed by atoms with E-state index in [4.69, 9.17) is 25.9 Å². The second-order valence-corrected chi connectivity index (χ2v) is 6.08. The second-order valence-electron chi connectivity index (χ2n) is 5.64. The molecule has 0 saturated heterocycles. The summed E-state index contributed by atoms with van der Waals surface area (Å²) in [5, 5.41) is 10.2. The molecule has 1 N–H and O–H groups in total. The van der Waals surface area contributed by atoms with Gasteiger partial charge < -0.3 is 14.3 Å². The first-order valence-electron chi connectivity index (χ1n) is 7.59. The average molecular weight is 359 g/mol. The highest BCUT2D eigenvalue weighted by atomic mass is 35.5. The van der Waals surface area contributed by atoms with Crippen molar-refractivity contribution in [1.82, 2.24) is 0 Å². The van der Waals surface area contributed by atoms with Gasteiger partial charge in [0.15, 0.2) is 0 Å². The molecule has 0 amide bonds. The van der Waals surface area contributed by atoms with Crippen molar-refractivity contribution in [2.24, 2.45) is 0 Å². The molecule has 0 aliphatic heterocycles. The van der Waals surface area contributed by atoms with Crippen molar-refractivity contribution in [3.8, 4) is 5.75 Å². The monoisotopic (exact) mass is 358 g/mol. The van der Waals surface area contributed by atoms with Gasteiger partial charge in [0.05, 0.1) is 12.0 Å². The van der Waals surface area contributed by atoms with E-state index in [-0.39, 0.29) is 12.0 Å². The van der Waals surface area contributed by atoms with Gasteiger partial charge in [0, 0.05) is 16.5 Å². The second kappa shape index (κ2) is 6.99. The Balaban J connectivity index is 1.90. The van der Waals surface area contributed by atoms with E-state index in [1.165, 1.54) is 0 Å². The summed E-state index contributed by atoms with van der Waals surface area (Å²) in [6.07, 6.45) is -0.364. The Morgan fingerprint density at radius 1 is 1.24 bits per heavy atom. The van der Waals surface area contributed by atoms with Crippen LogP contribution in [-0.4, -0.2) is 11.1 Å². The fourth-order valence-electron chi connectivity index (χ4n) is 2.61. The highest BCUT2D eigenvalue weighted by molar-refractivity contribution is 6.30. The molecule has 0 aliphatic rings. The van der Waals surface area contributed by atoms with Crippen molar-refractivity contribution in [2.45, 2.75) is 20.0 Å². The molecular weight excluding hydrogens is 344 g/mol. The number of carbonyl (C=O) groups is 1. The zero-order valence-electron chi connectivity index (χ0n) is 13.4. The number of halogens is 1. The number of carboxylic acids is 1. The van der Waals surface area contributed by atoms with Gasteiger partial charge in [-0.2, -0.15) is 0 Å². The van der Waals surface area contributed by atoms with Crippen molar-refractivity contribution in [3.63, 3.8) is 0 Å². The van der Waals surface area contributed by atoms with E-state index in [0.717, 1.165) is 5.56 Å². The molecule has 3 aromatic rings. The Labute approximate surface area is 148 Å². The maximum absolute atomic E-state index is 12.0. The Morgan fingerprint density at radius 2 is 2.04 bits per heavy atom. The van der Waals surface area contributed by atoms with Crippen LogP contribution in [0.3, 0.4) is 0 Å². The number of rotatable bonds is 5. The summed E-state index contributed by atoms with van der Waals surface area (Å²) in [6.45, 7) is 2.04. The number of hydrogen-bond donors (Lipinski definition) is 1. The Hall–Kier alpha value is -2.79. The van der Waals surface area contributed by atoms with Crippen LogP contribution in [0.15, 0.2) is 51.7 Å². The van der Waals surface area contributed by atoms with Crippen LogP contribution in [0.1, 0.15) is 16.7 Å². The summed E-state index contributed by atoms with van der Waals surface area (Å²) >= 11 is 5.94. The molecule has 0 bridgehead atoms. The lowest BCUT2D eigenvalue weighted by atomic mass is 10.0. The van der Waals surface area contributed by atoms with Gasteiger partial charge in [0.1, 0.15) is 17.9 Å². The van der Waals surface area contributed by atoms with Gasteiger partial charge in [-0.1, -0.05) is 23.7 Å². The minimum Gasteiger partial charge on any atom is -0.489 e. The largest absolute Gasteiger partial charge is 0.489 e. The smallest absolute Gasteiger partial charge is 0.340 e. The predicted octanol–water partition coefficient (Wildman–Crippen LogP) is 3.96. The zero-order chi connectivity index (χ0) is 18.0. The first-order chi connectivity index (χ1) is 11.9. The van der Waals surface area contributed by atoms with Gasteiger partial charge in [-0.15, -0.1) is 0 Å². The van der Waals surface area contributed by atoms with E-state index in [0.29, 0.717) is 33.9 Å². The molecule has 6 heteroatoms. The highest BCUT2D eigenvalue weighted by Crippen LogP contribution is 2.25. The maximum atomic E-state index is 12.0. The fourth-order valence-corrected chi connectivity index (χ4v) is 2.83. The molecule has 1 aromatic heterocycles. The summed E-state index contributed by atoms with van der Waals surface area (Å²) in [7, 11) is 0. The third-order valence-corrected chi connectivity index (χ3v) is 4.12. The fraction of sp³-hybridized carbons (Fsp3) is 0.158. The first kappa shape index (κ1) is 17.0. The molecule has 128 valence electrons. The number of aryl methyl sites for hydroxylation is 1. The molecule has 0 unspecified atom stereocenters. The van der Waals surface area contributed by atoms with Crippen molar-refractivity contribution in [1.29, 1.82) is 0 Å². The van der Waals surface area contributed by atoms with Gasteiger partial charge in [-0.3, -0.25) is 4.79 Å². The third kappa shape index (κ3) is 3.83. The maximum Gasteiger partial charge on any atom is 0.340 e. The molecule has 25 heavy (non-hydrogen) atoms. The quantitative estimate of drug-likeness (QED) is 0.698. The minimum absolute atomic E-state index is 0.160. The molecule has 3 rings (SSSR count). The first-order valence-corrected chi connectivity index (χ1v) is 7.97. The number of fused-ring (bicyclic) bond motifs is 1. The minimum atomic E-state index is -1.07. The molecule has 0 spiro atoms. The molecule has 0 radical (unpaired) electrons. The lowest BCUT2D eigenvalue weighted by Gasteiger charge is -2.09. The van der Waals surface area contributed by atoms with E-state index in [9.17, 15) is 9.59 Å². The van der Waals surface area contributed by atoms with Crippen molar-refractivity contribution in [3.05, 3.63) is 74.6 Å². The Kier molecular flexibility index (Phi) is 4.76. The van der Waals surface area contributed by atoms with Crippen LogP contribution in [0.5, 0.6) is 5.75 Å². The van der Waals surface area contributed by atoms with E-state index in [1.807, 2.05) is 18.2 Å². The van der Waals surface area contributed by atoms with Crippen LogP contribution in [-0.2, 0) is 17.8 Å². The van der Waals surface area contributed by atoms with Crippen LogP contribution in [0.4, 0.5) is 0 Å². The SMILES string of the molecule is Cc1c(CC(=O)O)c(=O)oc2cc(OCc3cccc(Cl)c3)ccc12. The van der Waals surface area contributed by atoms with E-state index in [2.05, 4.69) is 0 Å². The molecule has 0 aliphatic carbocycles. The molecular formula is C19H15ClO5. The Bertz CT molecular complexity index is 1010. The normalized spacial score (nSPS) is 10.8. The molecule has 0 atom stereocenters. The Morgan fingerprint density at radius 3 is 2.76 bits per heavy atom. The third-order valence-electron chi connectivity index (χ3n) is 3.88. The number of ether oxygens (including phenoxy) is 1. The number of benzene rings is 2. The lowest BCUT2D eigenvalue weighted by molar-refractivity contribution is -0.136. The van der Waals surface area contributed by atoms with Crippen LogP contribution >= 0.6 is 11.6 Å². The summed E-state index contributed by atoms with van der Waals surface area (Å²) in [5.41, 5.74) is 1.41. The summed E-state index contributed by atoms with van der Waals surface area (Å²) in [6, 6.07) is 12.5. The van der Waals surface area contributed by atoms with Gasteiger partial charge >= 0.3 is 11.6 Å². The van der Waals surface area contributed by atoms with E-state index < -0.39 is 11.6 Å². The van der Waals surface area contributed by atoms with Gasteiger partial charge in [-0.05, 0) is 42.3 Å². The zero-order valence-corrected chi connectivity index (χ0v) is 14.2. The summed E-state index contributed by atoms with van der Waals surface area (Å²) in [5.74, 6) is -0.530. The molecule has 1 heterocycles. The molecule has 0 fully saturated rings. The average Bonchev–Trinajstić information content (AvgIpc) is 2.56. The summed E-state index contributed by atoms with van der Waals surface area (Å²) in [4.78, 5) is 22.9. The highest BCUT2D eigenvalue weighted by Gasteiger charge is 2.14. The number of hydrogen-bond acceptors (Lipinski definition) is 4. The molecule has 5 nitrogen and oxygen atoms in total. The topological polar surface area (TPSA) is 76.7 Å². The van der Waals surface area contributed by atoms with Gasteiger partial charge in [0.25, 0.3) is 0 Å². The molecule has 0 saturated carbocycles. The van der Waals surface area contributed by atoms with Gasteiger partial charge in [-0.25, -0.2) is 4.79 Å². The number of carboxylic acid groups (broad SMARTS) is 1. The van der Waals surface area contributed by atoms with Crippen LogP contribution in [0, 0.1) is 6.92 Å². The van der Waals surface area contributed by atoms with Crippen molar-refractivity contribution < 1.29 is 19.1 Å². The van der Waals surface area contributed by atoms with E-state index in [1.54, 1.807) is 31.2 Å². The summed E-state index contributed by atoms with van der Waals surface area (Å²) < 4.78 is 11.0. The van der Waals surface area contributed by atoms with E-state index >= 15 is 0 Å². The van der Waals surface area contributed by atoms with Crippen molar-refractivity contribution in [2.75, 3.05) is 0 Å². The van der Waals surface area contributed by atoms with Crippen molar-refractivity contribution >= 4 is 28.5 Å². The van der Waals surface area contributed by atoms with Gasteiger partial charge in [0.2, 0.25) is 0 Å². The van der Waals surface area contributed by atoms with Crippen LogP contribution < -0.4 is 10.4 Å². The number of aliphatic carboxylic acids is 1. The lowest BCUT2D eigenvalue weighted by Crippen LogP contribution is -2.14. The molecule has 2 aromatic carbocycles. The van der Waals surface area contributed by atoms with Crippen LogP contribution in [0.2, 0.25) is 5.02 Å².